The fraction of sp³-hybridized carbons (Fsp3) is 0.154. The number of methoxy groups -OCH3 is 2. The van der Waals surface area contributed by atoms with Crippen LogP contribution in [0, 0.1) is 0 Å². The van der Waals surface area contributed by atoms with Gasteiger partial charge in [-0.25, -0.2) is 4.79 Å². The second kappa shape index (κ2) is 3.80. The van der Waals surface area contributed by atoms with Gasteiger partial charge in [0, 0.05) is 6.07 Å². The largest absolute Gasteiger partial charge is 0.492 e. The van der Waals surface area contributed by atoms with Gasteiger partial charge in [-0.3, -0.25) is 0 Å². The van der Waals surface area contributed by atoms with E-state index in [1.807, 2.05) is 0 Å². The molecule has 0 aliphatic carbocycles. The molecule has 0 spiro atoms. The van der Waals surface area contributed by atoms with Gasteiger partial charge in [-0.1, -0.05) is 0 Å². The standard InChI is InChI=1S/C13H10O5/c1-15-11-7-3-4-9(14)18-10(7)8-5-6-17-12(8)13(11)16-2/h3-6H,1-2H3. The Balaban J connectivity index is 2.63. The molecule has 3 rings (SSSR count). The van der Waals surface area contributed by atoms with Crippen LogP contribution in [0.4, 0.5) is 0 Å². The summed E-state index contributed by atoms with van der Waals surface area (Å²) in [6.45, 7) is 0. The average Bonchev–Trinajstić information content (AvgIpc) is 2.86. The molecule has 2 aromatic heterocycles. The third kappa shape index (κ3) is 1.30. The van der Waals surface area contributed by atoms with Gasteiger partial charge in [-0.05, 0) is 12.1 Å². The van der Waals surface area contributed by atoms with Crippen molar-refractivity contribution in [3.8, 4) is 11.5 Å². The van der Waals surface area contributed by atoms with E-state index >= 15 is 0 Å². The molecule has 0 aliphatic rings. The molecule has 0 amide bonds. The first-order valence-electron chi connectivity index (χ1n) is 5.31. The number of benzene rings is 1. The number of fused-ring (bicyclic) bond motifs is 3. The van der Waals surface area contributed by atoms with Crippen LogP contribution in [0.25, 0.3) is 21.9 Å². The molecule has 0 saturated carbocycles. The lowest BCUT2D eigenvalue weighted by molar-refractivity contribution is 0.356. The Bertz CT molecular complexity index is 781. The van der Waals surface area contributed by atoms with E-state index in [-0.39, 0.29) is 0 Å². The normalized spacial score (nSPS) is 11.0. The predicted octanol–water partition coefficient (Wildman–Crippen LogP) is 2.56. The highest BCUT2D eigenvalue weighted by Crippen LogP contribution is 2.43. The zero-order valence-corrected chi connectivity index (χ0v) is 9.85. The summed E-state index contributed by atoms with van der Waals surface area (Å²) in [5.41, 5.74) is 0.511. The van der Waals surface area contributed by atoms with Crippen LogP contribution in [-0.4, -0.2) is 14.2 Å². The molecule has 0 bridgehead atoms. The summed E-state index contributed by atoms with van der Waals surface area (Å²) in [6.07, 6.45) is 1.51. The lowest BCUT2D eigenvalue weighted by Crippen LogP contribution is -1.98. The van der Waals surface area contributed by atoms with E-state index in [0.29, 0.717) is 33.4 Å². The fourth-order valence-corrected chi connectivity index (χ4v) is 2.07. The molecule has 0 atom stereocenters. The minimum Gasteiger partial charge on any atom is -0.492 e. The van der Waals surface area contributed by atoms with Crippen molar-refractivity contribution in [3.63, 3.8) is 0 Å². The Labute approximate surface area is 102 Å². The summed E-state index contributed by atoms with van der Waals surface area (Å²) in [5.74, 6) is 0.970. The molecule has 0 radical (unpaired) electrons. The van der Waals surface area contributed by atoms with Crippen LogP contribution in [0.15, 0.2) is 38.1 Å². The van der Waals surface area contributed by atoms with Gasteiger partial charge in [0.05, 0.1) is 31.3 Å². The van der Waals surface area contributed by atoms with Crippen molar-refractivity contribution in [2.45, 2.75) is 0 Å². The maximum Gasteiger partial charge on any atom is 0.336 e. The smallest absolute Gasteiger partial charge is 0.336 e. The summed E-state index contributed by atoms with van der Waals surface area (Å²) in [4.78, 5) is 11.3. The lowest BCUT2D eigenvalue weighted by atomic mass is 10.1. The zero-order valence-electron chi connectivity index (χ0n) is 9.85. The Morgan fingerprint density at radius 3 is 2.44 bits per heavy atom. The highest BCUT2D eigenvalue weighted by Gasteiger charge is 2.19. The van der Waals surface area contributed by atoms with Gasteiger partial charge in [0.25, 0.3) is 0 Å². The summed E-state index contributed by atoms with van der Waals surface area (Å²) in [5, 5.41) is 1.35. The van der Waals surface area contributed by atoms with E-state index in [0.717, 1.165) is 0 Å². The molecule has 3 aromatic rings. The van der Waals surface area contributed by atoms with Gasteiger partial charge in [0.15, 0.2) is 16.9 Å². The lowest BCUT2D eigenvalue weighted by Gasteiger charge is -2.10. The SMILES string of the molecule is COc1c(OC)c2occc2c2oc(=O)ccc12. The molecule has 0 aliphatic heterocycles. The molecule has 92 valence electrons. The minimum atomic E-state index is -0.419. The van der Waals surface area contributed by atoms with E-state index in [1.165, 1.54) is 26.5 Å². The van der Waals surface area contributed by atoms with E-state index in [9.17, 15) is 4.79 Å². The van der Waals surface area contributed by atoms with Crippen molar-refractivity contribution in [2.24, 2.45) is 0 Å². The van der Waals surface area contributed by atoms with Crippen LogP contribution >= 0.6 is 0 Å². The first-order chi connectivity index (χ1) is 8.76. The molecule has 2 heterocycles. The van der Waals surface area contributed by atoms with Gasteiger partial charge in [0.2, 0.25) is 5.75 Å². The highest BCUT2D eigenvalue weighted by atomic mass is 16.5. The van der Waals surface area contributed by atoms with Crippen molar-refractivity contribution in [2.75, 3.05) is 14.2 Å². The van der Waals surface area contributed by atoms with Gasteiger partial charge in [-0.15, -0.1) is 0 Å². The first-order valence-corrected chi connectivity index (χ1v) is 5.31. The Hall–Kier alpha value is -2.43. The maximum absolute atomic E-state index is 11.3. The van der Waals surface area contributed by atoms with Crippen LogP contribution < -0.4 is 15.1 Å². The molecule has 5 heteroatoms. The van der Waals surface area contributed by atoms with Crippen molar-refractivity contribution < 1.29 is 18.3 Å². The van der Waals surface area contributed by atoms with E-state index < -0.39 is 5.63 Å². The number of rotatable bonds is 2. The van der Waals surface area contributed by atoms with Crippen LogP contribution in [0.5, 0.6) is 11.5 Å². The molecular weight excluding hydrogens is 236 g/mol. The van der Waals surface area contributed by atoms with Gasteiger partial charge in [-0.2, -0.15) is 0 Å². The summed E-state index contributed by atoms with van der Waals surface area (Å²) in [7, 11) is 3.06. The molecule has 0 unspecified atom stereocenters. The molecule has 18 heavy (non-hydrogen) atoms. The molecule has 5 nitrogen and oxygen atoms in total. The molecular formula is C13H10O5. The van der Waals surface area contributed by atoms with Crippen molar-refractivity contribution in [1.82, 2.24) is 0 Å². The average molecular weight is 246 g/mol. The monoisotopic (exact) mass is 246 g/mol. The first kappa shape index (κ1) is 10.7. The Morgan fingerprint density at radius 2 is 1.72 bits per heavy atom. The van der Waals surface area contributed by atoms with E-state index in [2.05, 4.69) is 0 Å². The van der Waals surface area contributed by atoms with E-state index in [1.54, 1.807) is 12.1 Å². The van der Waals surface area contributed by atoms with Crippen molar-refractivity contribution in [3.05, 3.63) is 34.9 Å². The van der Waals surface area contributed by atoms with Crippen molar-refractivity contribution >= 4 is 21.9 Å². The second-order valence-electron chi connectivity index (χ2n) is 3.73. The summed E-state index contributed by atoms with van der Waals surface area (Å²) >= 11 is 0. The molecule has 0 saturated heterocycles. The van der Waals surface area contributed by atoms with Crippen molar-refractivity contribution in [1.29, 1.82) is 0 Å². The number of hydrogen-bond acceptors (Lipinski definition) is 5. The summed E-state index contributed by atoms with van der Waals surface area (Å²) in [6, 6.07) is 4.72. The van der Waals surface area contributed by atoms with Gasteiger partial charge < -0.3 is 18.3 Å². The van der Waals surface area contributed by atoms with Crippen LogP contribution in [0.2, 0.25) is 0 Å². The van der Waals surface area contributed by atoms with E-state index in [4.69, 9.17) is 18.3 Å². The third-order valence-electron chi connectivity index (χ3n) is 2.81. The maximum atomic E-state index is 11.3. The third-order valence-corrected chi connectivity index (χ3v) is 2.81. The number of hydrogen-bond donors (Lipinski definition) is 0. The number of ether oxygens (including phenoxy) is 2. The highest BCUT2D eigenvalue weighted by molar-refractivity contribution is 6.08. The zero-order chi connectivity index (χ0) is 12.7. The van der Waals surface area contributed by atoms with Gasteiger partial charge >= 0.3 is 5.63 Å². The Morgan fingerprint density at radius 1 is 0.944 bits per heavy atom. The van der Waals surface area contributed by atoms with Crippen LogP contribution in [0.1, 0.15) is 0 Å². The molecule has 0 N–H and O–H groups in total. The molecule has 0 fully saturated rings. The minimum absolute atomic E-state index is 0.419. The summed E-state index contributed by atoms with van der Waals surface area (Å²) < 4.78 is 21.2. The predicted molar refractivity (Wildman–Crippen MR) is 65.4 cm³/mol. The topological polar surface area (TPSA) is 61.8 Å². The van der Waals surface area contributed by atoms with Crippen LogP contribution in [-0.2, 0) is 0 Å². The van der Waals surface area contributed by atoms with Gasteiger partial charge in [0.1, 0.15) is 0 Å². The Kier molecular flexibility index (Phi) is 2.26. The fourth-order valence-electron chi connectivity index (χ4n) is 2.07. The van der Waals surface area contributed by atoms with Crippen LogP contribution in [0.3, 0.4) is 0 Å². The second-order valence-corrected chi connectivity index (χ2v) is 3.73. The quantitative estimate of drug-likeness (QED) is 0.650. The molecule has 1 aromatic carbocycles. The number of furan rings is 1.